The minimum Gasteiger partial charge on any atom is -0.373 e. The fourth-order valence-corrected chi connectivity index (χ4v) is 3.17. The summed E-state index contributed by atoms with van der Waals surface area (Å²) in [6.45, 7) is 2.75. The second kappa shape index (κ2) is 7.10. The molecule has 2 fully saturated rings. The predicted octanol–water partition coefficient (Wildman–Crippen LogP) is 1.71. The molecule has 0 bridgehead atoms. The molecule has 3 atom stereocenters. The summed E-state index contributed by atoms with van der Waals surface area (Å²) in [4.78, 5) is 23.3. The molecule has 1 heterocycles. The molecule has 23 heavy (non-hydrogen) atoms. The number of nitrogens with one attached hydrogen (secondary N) is 2. The molecule has 1 aromatic carbocycles. The fourth-order valence-electron chi connectivity index (χ4n) is 3.17. The first-order valence-electron chi connectivity index (χ1n) is 8.03. The van der Waals surface area contributed by atoms with Crippen LogP contribution in [-0.2, 0) is 14.3 Å². The van der Waals surface area contributed by atoms with Gasteiger partial charge in [-0.3, -0.25) is 9.59 Å². The van der Waals surface area contributed by atoms with Crippen LogP contribution in [0.4, 0.5) is 5.69 Å². The molecule has 3 rings (SSSR count). The maximum atomic E-state index is 12.3. The Hall–Kier alpha value is -1.92. The van der Waals surface area contributed by atoms with Crippen LogP contribution in [0.2, 0.25) is 0 Å². The maximum Gasteiger partial charge on any atom is 0.251 e. The average molecular weight is 318 g/mol. The molecule has 1 aliphatic heterocycles. The van der Waals surface area contributed by atoms with Crippen LogP contribution in [0.1, 0.15) is 36.5 Å². The van der Waals surface area contributed by atoms with E-state index in [1.807, 2.05) is 0 Å². The van der Waals surface area contributed by atoms with Gasteiger partial charge >= 0.3 is 0 Å². The largest absolute Gasteiger partial charge is 0.373 e. The lowest BCUT2D eigenvalue weighted by Gasteiger charge is -2.39. The molecule has 2 aliphatic rings. The lowest BCUT2D eigenvalue weighted by atomic mass is 9.89. The highest BCUT2D eigenvalue weighted by Gasteiger charge is 2.34. The Balaban J connectivity index is 1.55. The first-order chi connectivity index (χ1) is 11.1. The highest BCUT2D eigenvalue weighted by atomic mass is 16.6. The van der Waals surface area contributed by atoms with Crippen molar-refractivity contribution in [1.29, 1.82) is 0 Å². The third kappa shape index (κ3) is 4.09. The maximum absolute atomic E-state index is 12.3. The first kappa shape index (κ1) is 16.0. The van der Waals surface area contributed by atoms with Gasteiger partial charge in [0.2, 0.25) is 5.91 Å². The number of hydrogen-bond acceptors (Lipinski definition) is 4. The number of carbonyl (C=O) groups is 2. The summed E-state index contributed by atoms with van der Waals surface area (Å²) >= 11 is 0. The standard InChI is InChI=1S/C17H22N2O4/c1-11(20)18-13-4-2-12(3-5-13)17(21)19-14-6-7-15-16(10-14)23-9-8-22-15/h2-5,14-16H,6-10H2,1H3,(H,18,20)(H,19,21)/t14-,15+,16+/m1/s1. The van der Waals surface area contributed by atoms with E-state index in [2.05, 4.69) is 10.6 Å². The number of ether oxygens (including phenoxy) is 2. The van der Waals surface area contributed by atoms with E-state index >= 15 is 0 Å². The molecular weight excluding hydrogens is 296 g/mol. The molecule has 1 aromatic rings. The molecule has 2 N–H and O–H groups in total. The van der Waals surface area contributed by atoms with E-state index in [0.717, 1.165) is 19.3 Å². The summed E-state index contributed by atoms with van der Waals surface area (Å²) in [6, 6.07) is 7.00. The SMILES string of the molecule is CC(=O)Nc1ccc(C(=O)N[C@@H]2CC[C@@H]3OCCO[C@H]3C2)cc1. The monoisotopic (exact) mass is 318 g/mol. The van der Waals surface area contributed by atoms with E-state index < -0.39 is 0 Å². The van der Waals surface area contributed by atoms with Gasteiger partial charge in [0.25, 0.3) is 5.91 Å². The van der Waals surface area contributed by atoms with Crippen LogP contribution in [-0.4, -0.2) is 43.3 Å². The summed E-state index contributed by atoms with van der Waals surface area (Å²) in [5.74, 6) is -0.229. The van der Waals surface area contributed by atoms with Gasteiger partial charge in [0.15, 0.2) is 0 Å². The number of carbonyl (C=O) groups excluding carboxylic acids is 2. The van der Waals surface area contributed by atoms with Crippen molar-refractivity contribution in [3.63, 3.8) is 0 Å². The van der Waals surface area contributed by atoms with E-state index in [1.165, 1.54) is 6.92 Å². The lowest BCUT2D eigenvalue weighted by molar-refractivity contribution is -0.157. The number of benzene rings is 1. The molecule has 0 unspecified atom stereocenters. The van der Waals surface area contributed by atoms with Crippen LogP contribution in [0, 0.1) is 0 Å². The quantitative estimate of drug-likeness (QED) is 0.889. The van der Waals surface area contributed by atoms with Gasteiger partial charge in [0.05, 0.1) is 25.4 Å². The Morgan fingerprint density at radius 3 is 2.43 bits per heavy atom. The highest BCUT2D eigenvalue weighted by Crippen LogP contribution is 2.27. The molecule has 0 radical (unpaired) electrons. The van der Waals surface area contributed by atoms with Crippen molar-refractivity contribution in [2.45, 2.75) is 44.4 Å². The molecule has 1 saturated heterocycles. The van der Waals surface area contributed by atoms with E-state index in [-0.39, 0.29) is 30.1 Å². The molecular formula is C17H22N2O4. The van der Waals surface area contributed by atoms with Crippen LogP contribution in [0.25, 0.3) is 0 Å². The van der Waals surface area contributed by atoms with E-state index in [9.17, 15) is 9.59 Å². The molecule has 1 saturated carbocycles. The zero-order valence-corrected chi connectivity index (χ0v) is 13.2. The molecule has 0 aromatic heterocycles. The summed E-state index contributed by atoms with van der Waals surface area (Å²) in [5.41, 5.74) is 1.27. The zero-order valence-electron chi connectivity index (χ0n) is 13.2. The minimum atomic E-state index is -0.131. The number of fused-ring (bicyclic) bond motifs is 1. The summed E-state index contributed by atoms with van der Waals surface area (Å²) < 4.78 is 11.4. The van der Waals surface area contributed by atoms with Gasteiger partial charge in [0.1, 0.15) is 0 Å². The Morgan fingerprint density at radius 2 is 1.74 bits per heavy atom. The van der Waals surface area contributed by atoms with E-state index in [1.54, 1.807) is 24.3 Å². The van der Waals surface area contributed by atoms with Crippen LogP contribution in [0.15, 0.2) is 24.3 Å². The number of amides is 2. The Kier molecular flexibility index (Phi) is 4.93. The fraction of sp³-hybridized carbons (Fsp3) is 0.529. The van der Waals surface area contributed by atoms with Gasteiger partial charge in [-0.15, -0.1) is 0 Å². The van der Waals surface area contributed by atoms with Crippen molar-refractivity contribution in [3.05, 3.63) is 29.8 Å². The van der Waals surface area contributed by atoms with Crippen molar-refractivity contribution >= 4 is 17.5 Å². The van der Waals surface area contributed by atoms with Crippen LogP contribution >= 0.6 is 0 Å². The van der Waals surface area contributed by atoms with Gasteiger partial charge in [0, 0.05) is 24.2 Å². The van der Waals surface area contributed by atoms with Crippen molar-refractivity contribution in [3.8, 4) is 0 Å². The topological polar surface area (TPSA) is 76.7 Å². The second-order valence-electron chi connectivity index (χ2n) is 6.06. The van der Waals surface area contributed by atoms with Gasteiger partial charge in [-0.05, 0) is 43.5 Å². The van der Waals surface area contributed by atoms with Gasteiger partial charge < -0.3 is 20.1 Å². The molecule has 6 nitrogen and oxygen atoms in total. The van der Waals surface area contributed by atoms with Crippen LogP contribution in [0.5, 0.6) is 0 Å². The van der Waals surface area contributed by atoms with Crippen molar-refractivity contribution < 1.29 is 19.1 Å². The lowest BCUT2D eigenvalue weighted by Crippen LogP contribution is -2.49. The Labute approximate surface area is 135 Å². The summed E-state index contributed by atoms with van der Waals surface area (Å²) in [5, 5.41) is 5.75. The number of anilines is 1. The van der Waals surface area contributed by atoms with Crippen LogP contribution < -0.4 is 10.6 Å². The smallest absolute Gasteiger partial charge is 0.251 e. The highest BCUT2D eigenvalue weighted by molar-refractivity contribution is 5.95. The predicted molar refractivity (Wildman–Crippen MR) is 85.3 cm³/mol. The number of hydrogen-bond donors (Lipinski definition) is 2. The van der Waals surface area contributed by atoms with Gasteiger partial charge in [-0.1, -0.05) is 0 Å². The normalized spacial score (nSPS) is 26.9. The number of rotatable bonds is 3. The summed E-state index contributed by atoms with van der Waals surface area (Å²) in [7, 11) is 0. The van der Waals surface area contributed by atoms with Crippen molar-refractivity contribution in [1.82, 2.24) is 5.32 Å². The van der Waals surface area contributed by atoms with Gasteiger partial charge in [-0.25, -0.2) is 0 Å². The first-order valence-corrected chi connectivity index (χ1v) is 8.03. The van der Waals surface area contributed by atoms with Gasteiger partial charge in [-0.2, -0.15) is 0 Å². The summed E-state index contributed by atoms with van der Waals surface area (Å²) in [6.07, 6.45) is 2.87. The minimum absolute atomic E-state index is 0.0879. The van der Waals surface area contributed by atoms with E-state index in [4.69, 9.17) is 9.47 Å². The van der Waals surface area contributed by atoms with E-state index in [0.29, 0.717) is 24.5 Å². The molecule has 2 amide bonds. The molecule has 0 spiro atoms. The third-order valence-corrected chi connectivity index (χ3v) is 4.28. The van der Waals surface area contributed by atoms with Crippen molar-refractivity contribution in [2.75, 3.05) is 18.5 Å². The Morgan fingerprint density at radius 1 is 1.04 bits per heavy atom. The van der Waals surface area contributed by atoms with Crippen molar-refractivity contribution in [2.24, 2.45) is 0 Å². The average Bonchev–Trinajstić information content (AvgIpc) is 2.55. The molecule has 1 aliphatic carbocycles. The Bertz CT molecular complexity index is 572. The second-order valence-corrected chi connectivity index (χ2v) is 6.06. The zero-order chi connectivity index (χ0) is 16.2. The molecule has 6 heteroatoms. The molecule has 124 valence electrons. The van der Waals surface area contributed by atoms with Crippen LogP contribution in [0.3, 0.4) is 0 Å². The third-order valence-electron chi connectivity index (χ3n) is 4.28.